The van der Waals surface area contributed by atoms with Crippen LogP contribution in [-0.2, 0) is 0 Å². The minimum absolute atomic E-state index is 0.0100. The molecule has 0 bridgehead atoms. The van der Waals surface area contributed by atoms with Crippen molar-refractivity contribution in [3.05, 3.63) is 52.8 Å². The number of halogens is 1. The number of nitrogens with zero attached hydrogens (tertiary/aromatic N) is 2. The first-order valence-corrected chi connectivity index (χ1v) is 8.71. The van der Waals surface area contributed by atoms with Gasteiger partial charge >= 0.3 is 0 Å². The summed E-state index contributed by atoms with van der Waals surface area (Å²) < 4.78 is 0. The Labute approximate surface area is 148 Å². The van der Waals surface area contributed by atoms with E-state index in [9.17, 15) is 4.79 Å². The molecule has 1 N–H and O–H groups in total. The average Bonchev–Trinajstić information content (AvgIpc) is 2.58. The highest BCUT2D eigenvalue weighted by molar-refractivity contribution is 6.30. The Morgan fingerprint density at radius 1 is 1.17 bits per heavy atom. The molecule has 0 unspecified atom stereocenters. The summed E-state index contributed by atoms with van der Waals surface area (Å²) in [6, 6.07) is 9.33. The Morgan fingerprint density at radius 3 is 2.46 bits per heavy atom. The van der Waals surface area contributed by atoms with Gasteiger partial charge in [0.25, 0.3) is 5.91 Å². The van der Waals surface area contributed by atoms with Gasteiger partial charge in [0.1, 0.15) is 5.69 Å². The van der Waals surface area contributed by atoms with Crippen LogP contribution in [0.4, 0.5) is 11.4 Å². The number of rotatable bonds is 7. The van der Waals surface area contributed by atoms with Gasteiger partial charge in [0.05, 0.1) is 11.9 Å². The first-order chi connectivity index (χ1) is 11.5. The monoisotopic (exact) mass is 345 g/mol. The van der Waals surface area contributed by atoms with Gasteiger partial charge in [0.2, 0.25) is 0 Å². The Balaban J connectivity index is 2.12. The molecule has 0 fully saturated rings. The molecule has 0 atom stereocenters. The van der Waals surface area contributed by atoms with Gasteiger partial charge in [-0.2, -0.15) is 0 Å². The molecule has 24 heavy (non-hydrogen) atoms. The molecule has 0 spiro atoms. The van der Waals surface area contributed by atoms with Crippen molar-refractivity contribution in [1.82, 2.24) is 9.88 Å². The van der Waals surface area contributed by atoms with Gasteiger partial charge in [-0.3, -0.25) is 4.79 Å². The van der Waals surface area contributed by atoms with Crippen LogP contribution in [0.2, 0.25) is 5.02 Å². The zero-order chi connectivity index (χ0) is 17.5. The summed E-state index contributed by atoms with van der Waals surface area (Å²) in [4.78, 5) is 18.7. The van der Waals surface area contributed by atoms with Crippen molar-refractivity contribution in [2.75, 3.05) is 18.4 Å². The first-order valence-electron chi connectivity index (χ1n) is 8.33. The number of hydrogen-bond donors (Lipinski definition) is 1. The molecule has 2 rings (SSSR count). The van der Waals surface area contributed by atoms with Gasteiger partial charge in [-0.05, 0) is 49.6 Å². The van der Waals surface area contributed by atoms with Crippen LogP contribution in [0.3, 0.4) is 0 Å². The Bertz CT molecular complexity index is 680. The summed E-state index contributed by atoms with van der Waals surface area (Å²) in [6.45, 7) is 7.68. The van der Waals surface area contributed by atoms with Gasteiger partial charge in [0.15, 0.2) is 0 Å². The highest BCUT2D eigenvalue weighted by atomic mass is 35.5. The van der Waals surface area contributed by atoms with Crippen molar-refractivity contribution < 1.29 is 4.79 Å². The molecule has 0 aliphatic heterocycles. The van der Waals surface area contributed by atoms with Gasteiger partial charge < -0.3 is 10.2 Å². The Hall–Kier alpha value is -2.07. The maximum absolute atomic E-state index is 12.5. The minimum Gasteiger partial charge on any atom is -0.354 e. The normalized spacial score (nSPS) is 10.5. The molecule has 0 radical (unpaired) electrons. The lowest BCUT2D eigenvalue weighted by molar-refractivity contribution is 0.0749. The number of anilines is 2. The maximum atomic E-state index is 12.5. The summed E-state index contributed by atoms with van der Waals surface area (Å²) in [7, 11) is 0. The zero-order valence-corrected chi connectivity index (χ0v) is 15.2. The van der Waals surface area contributed by atoms with Crippen molar-refractivity contribution in [1.29, 1.82) is 0 Å². The van der Waals surface area contributed by atoms with Crippen LogP contribution in [0.25, 0.3) is 0 Å². The van der Waals surface area contributed by atoms with Crippen LogP contribution in [0.1, 0.15) is 42.7 Å². The fraction of sp³-hybridized carbons (Fsp3) is 0.368. The van der Waals surface area contributed by atoms with Crippen LogP contribution in [0.15, 0.2) is 36.5 Å². The van der Waals surface area contributed by atoms with E-state index in [-0.39, 0.29) is 5.91 Å². The second-order valence-electron chi connectivity index (χ2n) is 5.81. The summed E-state index contributed by atoms with van der Waals surface area (Å²) in [5.41, 5.74) is 3.33. The average molecular weight is 346 g/mol. The number of pyridine rings is 1. The number of carbonyl (C=O) groups excluding carboxylic acids is 1. The SMILES string of the molecule is CCCN(CCC)C(=O)c1ccc(Nc2cc(Cl)ccc2C)cn1. The highest BCUT2D eigenvalue weighted by Crippen LogP contribution is 2.24. The van der Waals surface area contributed by atoms with E-state index in [1.807, 2.05) is 36.1 Å². The lowest BCUT2D eigenvalue weighted by Gasteiger charge is -2.21. The summed E-state index contributed by atoms with van der Waals surface area (Å²) in [6.07, 6.45) is 3.57. The molecule has 128 valence electrons. The summed E-state index contributed by atoms with van der Waals surface area (Å²) >= 11 is 6.04. The smallest absolute Gasteiger partial charge is 0.272 e. The van der Waals surface area contributed by atoms with Crippen LogP contribution >= 0.6 is 11.6 Å². The fourth-order valence-electron chi connectivity index (χ4n) is 2.50. The van der Waals surface area contributed by atoms with Gasteiger partial charge in [-0.15, -0.1) is 0 Å². The number of nitrogens with one attached hydrogen (secondary N) is 1. The van der Waals surface area contributed by atoms with E-state index in [2.05, 4.69) is 24.1 Å². The third-order valence-electron chi connectivity index (χ3n) is 3.74. The molecule has 0 aliphatic carbocycles. The fourth-order valence-corrected chi connectivity index (χ4v) is 2.67. The molecule has 5 heteroatoms. The quantitative estimate of drug-likeness (QED) is 0.763. The van der Waals surface area contributed by atoms with E-state index in [4.69, 9.17) is 11.6 Å². The molecule has 4 nitrogen and oxygen atoms in total. The van der Waals surface area contributed by atoms with E-state index in [0.29, 0.717) is 10.7 Å². The number of aryl methyl sites for hydroxylation is 1. The number of hydrogen-bond acceptors (Lipinski definition) is 3. The van der Waals surface area contributed by atoms with Crippen molar-refractivity contribution in [3.63, 3.8) is 0 Å². The van der Waals surface area contributed by atoms with E-state index >= 15 is 0 Å². The molecule has 1 heterocycles. The number of amides is 1. The third kappa shape index (κ3) is 4.71. The molecular weight excluding hydrogens is 322 g/mol. The standard InChI is InChI=1S/C19H24ClN3O/c1-4-10-23(11-5-2)19(24)17-9-8-16(13-21-17)22-18-12-15(20)7-6-14(18)3/h6-9,12-13,22H,4-5,10-11H2,1-3H3. The van der Waals surface area contributed by atoms with Crippen LogP contribution in [0, 0.1) is 6.92 Å². The van der Waals surface area contributed by atoms with E-state index in [0.717, 1.165) is 42.9 Å². The predicted octanol–water partition coefficient (Wildman–Crippen LogP) is 5.05. The van der Waals surface area contributed by atoms with Gasteiger partial charge in [-0.25, -0.2) is 4.98 Å². The summed E-state index contributed by atoms with van der Waals surface area (Å²) in [5, 5.41) is 3.97. The van der Waals surface area contributed by atoms with Crippen molar-refractivity contribution >= 4 is 28.9 Å². The molecule has 2 aromatic rings. The first kappa shape index (κ1) is 18.3. The third-order valence-corrected chi connectivity index (χ3v) is 3.97. The van der Waals surface area contributed by atoms with E-state index < -0.39 is 0 Å². The van der Waals surface area contributed by atoms with Crippen LogP contribution in [0.5, 0.6) is 0 Å². The van der Waals surface area contributed by atoms with Crippen LogP contribution in [-0.4, -0.2) is 28.9 Å². The van der Waals surface area contributed by atoms with E-state index in [1.54, 1.807) is 12.3 Å². The summed E-state index contributed by atoms with van der Waals surface area (Å²) in [5.74, 6) is -0.0100. The van der Waals surface area contributed by atoms with E-state index in [1.165, 1.54) is 0 Å². The zero-order valence-electron chi connectivity index (χ0n) is 14.5. The maximum Gasteiger partial charge on any atom is 0.272 e. The number of aromatic nitrogens is 1. The minimum atomic E-state index is -0.0100. The molecule has 1 amide bonds. The Kier molecular flexibility index (Phi) is 6.62. The van der Waals surface area contributed by atoms with Crippen molar-refractivity contribution in [3.8, 4) is 0 Å². The molecule has 0 aliphatic rings. The predicted molar refractivity (Wildman–Crippen MR) is 100 cm³/mol. The Morgan fingerprint density at radius 2 is 1.88 bits per heavy atom. The molecule has 1 aromatic heterocycles. The van der Waals surface area contributed by atoms with Gasteiger partial charge in [0, 0.05) is 23.8 Å². The van der Waals surface area contributed by atoms with Crippen LogP contribution < -0.4 is 5.32 Å². The van der Waals surface area contributed by atoms with Crippen molar-refractivity contribution in [2.24, 2.45) is 0 Å². The number of carbonyl (C=O) groups is 1. The second-order valence-corrected chi connectivity index (χ2v) is 6.24. The number of benzene rings is 1. The topological polar surface area (TPSA) is 45.2 Å². The molecule has 1 aromatic carbocycles. The molecule has 0 saturated carbocycles. The second kappa shape index (κ2) is 8.69. The highest BCUT2D eigenvalue weighted by Gasteiger charge is 2.15. The molecular formula is C19H24ClN3O. The lowest BCUT2D eigenvalue weighted by Crippen LogP contribution is -2.33. The van der Waals surface area contributed by atoms with Gasteiger partial charge in [-0.1, -0.05) is 31.5 Å². The lowest BCUT2D eigenvalue weighted by atomic mass is 10.2. The molecule has 0 saturated heterocycles. The van der Waals surface area contributed by atoms with Crippen molar-refractivity contribution in [2.45, 2.75) is 33.6 Å². The largest absolute Gasteiger partial charge is 0.354 e.